The van der Waals surface area contributed by atoms with Crippen LogP contribution in [0.3, 0.4) is 0 Å². The summed E-state index contributed by atoms with van der Waals surface area (Å²) >= 11 is 0. The van der Waals surface area contributed by atoms with E-state index in [0.717, 1.165) is 13.2 Å². The smallest absolute Gasteiger partial charge is 0.0897 e. The molecule has 0 aromatic carbocycles. The Kier molecular flexibility index (Phi) is 7.96. The monoisotopic (exact) mass is 219 g/mol. The fourth-order valence-electron chi connectivity index (χ4n) is 0.962. The molecule has 0 aliphatic carbocycles. The molecular formula is C11H25NO3. The van der Waals surface area contributed by atoms with Crippen LogP contribution in [0.15, 0.2) is 0 Å². The molecule has 0 amide bonds. The predicted molar refractivity (Wildman–Crippen MR) is 61.1 cm³/mol. The summed E-state index contributed by atoms with van der Waals surface area (Å²) in [6, 6.07) is 0. The molecule has 0 heterocycles. The normalized spacial score (nSPS) is 14.2. The van der Waals surface area contributed by atoms with Gasteiger partial charge in [0, 0.05) is 19.7 Å². The molecule has 0 radical (unpaired) electrons. The lowest BCUT2D eigenvalue weighted by molar-refractivity contribution is -0.0480. The molecule has 92 valence electrons. The molecule has 15 heavy (non-hydrogen) atoms. The Balaban J connectivity index is 3.30. The molecule has 0 saturated heterocycles. The van der Waals surface area contributed by atoms with E-state index in [-0.39, 0.29) is 5.60 Å². The van der Waals surface area contributed by atoms with Gasteiger partial charge >= 0.3 is 0 Å². The van der Waals surface area contributed by atoms with Crippen LogP contribution in [0, 0.1) is 0 Å². The zero-order valence-electron chi connectivity index (χ0n) is 10.4. The summed E-state index contributed by atoms with van der Waals surface area (Å²) in [4.78, 5) is 0. The highest BCUT2D eigenvalue weighted by molar-refractivity contribution is 4.63. The average Bonchev–Trinajstić information content (AvgIpc) is 2.13. The molecule has 1 atom stereocenters. The Morgan fingerprint density at radius 3 is 2.53 bits per heavy atom. The van der Waals surface area contributed by atoms with E-state index in [1.54, 1.807) is 0 Å². The van der Waals surface area contributed by atoms with E-state index in [9.17, 15) is 5.11 Å². The maximum atomic E-state index is 9.54. The molecule has 0 aliphatic rings. The fraction of sp³-hybridized carbons (Fsp3) is 1.00. The molecule has 0 spiro atoms. The van der Waals surface area contributed by atoms with Gasteiger partial charge in [0.15, 0.2) is 0 Å². The van der Waals surface area contributed by atoms with Gasteiger partial charge in [0.2, 0.25) is 0 Å². The van der Waals surface area contributed by atoms with E-state index in [4.69, 9.17) is 9.47 Å². The lowest BCUT2D eigenvalue weighted by Gasteiger charge is -2.22. The third-order valence-corrected chi connectivity index (χ3v) is 1.72. The van der Waals surface area contributed by atoms with Crippen molar-refractivity contribution in [3.8, 4) is 0 Å². The zero-order chi connectivity index (χ0) is 11.7. The van der Waals surface area contributed by atoms with Gasteiger partial charge in [-0.05, 0) is 27.7 Å². The number of hydrogen-bond donors (Lipinski definition) is 2. The molecular weight excluding hydrogens is 194 g/mol. The van der Waals surface area contributed by atoms with Gasteiger partial charge in [-0.1, -0.05) is 0 Å². The zero-order valence-corrected chi connectivity index (χ0v) is 10.4. The summed E-state index contributed by atoms with van der Waals surface area (Å²) in [6.07, 6.45) is -0.453. The Bertz CT molecular complexity index is 145. The summed E-state index contributed by atoms with van der Waals surface area (Å²) < 4.78 is 10.6. The molecule has 2 N–H and O–H groups in total. The molecule has 0 bridgehead atoms. The van der Waals surface area contributed by atoms with Crippen LogP contribution in [-0.2, 0) is 9.47 Å². The maximum absolute atomic E-state index is 9.54. The van der Waals surface area contributed by atoms with E-state index >= 15 is 0 Å². The molecule has 1 unspecified atom stereocenters. The fourth-order valence-corrected chi connectivity index (χ4v) is 0.962. The minimum Gasteiger partial charge on any atom is -0.389 e. The van der Waals surface area contributed by atoms with Crippen molar-refractivity contribution in [2.45, 2.75) is 39.4 Å². The van der Waals surface area contributed by atoms with E-state index in [1.807, 2.05) is 27.7 Å². The standard InChI is InChI=1S/C11H25NO3/c1-5-14-7-6-12-8-10(13)9-15-11(2,3)4/h10,12-13H,5-9H2,1-4H3. The minimum absolute atomic E-state index is 0.188. The summed E-state index contributed by atoms with van der Waals surface area (Å²) in [5.41, 5.74) is -0.188. The Hall–Kier alpha value is -0.160. The molecule has 4 nitrogen and oxygen atoms in total. The summed E-state index contributed by atoms with van der Waals surface area (Å²) in [7, 11) is 0. The third-order valence-electron chi connectivity index (χ3n) is 1.72. The number of ether oxygens (including phenoxy) is 2. The number of hydrogen-bond acceptors (Lipinski definition) is 4. The molecule has 0 aromatic rings. The summed E-state index contributed by atoms with van der Waals surface area (Å²) in [5, 5.41) is 12.6. The van der Waals surface area contributed by atoms with Crippen molar-refractivity contribution in [3.63, 3.8) is 0 Å². The number of rotatable bonds is 8. The quantitative estimate of drug-likeness (QED) is 0.593. The van der Waals surface area contributed by atoms with Crippen LogP contribution in [0.5, 0.6) is 0 Å². The van der Waals surface area contributed by atoms with Crippen molar-refractivity contribution in [2.75, 3.05) is 32.9 Å². The van der Waals surface area contributed by atoms with Crippen molar-refractivity contribution >= 4 is 0 Å². The highest BCUT2D eigenvalue weighted by Gasteiger charge is 2.12. The number of nitrogens with one attached hydrogen (secondary N) is 1. The SMILES string of the molecule is CCOCCNCC(O)COC(C)(C)C. The topological polar surface area (TPSA) is 50.7 Å². The van der Waals surface area contributed by atoms with Crippen LogP contribution in [0.4, 0.5) is 0 Å². The van der Waals surface area contributed by atoms with Crippen molar-refractivity contribution in [1.29, 1.82) is 0 Å². The van der Waals surface area contributed by atoms with Gasteiger partial charge in [0.25, 0.3) is 0 Å². The lowest BCUT2D eigenvalue weighted by atomic mass is 10.2. The van der Waals surface area contributed by atoms with Gasteiger partial charge in [-0.2, -0.15) is 0 Å². The van der Waals surface area contributed by atoms with Gasteiger partial charge in [-0.15, -0.1) is 0 Å². The van der Waals surface area contributed by atoms with E-state index in [1.165, 1.54) is 0 Å². The van der Waals surface area contributed by atoms with Crippen LogP contribution in [0.2, 0.25) is 0 Å². The van der Waals surface area contributed by atoms with Crippen molar-refractivity contribution in [2.24, 2.45) is 0 Å². The summed E-state index contributed by atoms with van der Waals surface area (Å²) in [5.74, 6) is 0. The van der Waals surface area contributed by atoms with Gasteiger partial charge in [0.1, 0.15) is 0 Å². The lowest BCUT2D eigenvalue weighted by Crippen LogP contribution is -2.35. The van der Waals surface area contributed by atoms with Gasteiger partial charge in [-0.25, -0.2) is 0 Å². The Morgan fingerprint density at radius 1 is 1.33 bits per heavy atom. The molecule has 4 heteroatoms. The predicted octanol–water partition coefficient (Wildman–Crippen LogP) is 0.788. The second-order valence-corrected chi connectivity index (χ2v) is 4.48. The van der Waals surface area contributed by atoms with E-state index < -0.39 is 6.10 Å². The van der Waals surface area contributed by atoms with Crippen LogP contribution in [0.1, 0.15) is 27.7 Å². The van der Waals surface area contributed by atoms with Crippen LogP contribution < -0.4 is 5.32 Å². The highest BCUT2D eigenvalue weighted by atomic mass is 16.5. The second kappa shape index (κ2) is 8.05. The van der Waals surface area contributed by atoms with Crippen LogP contribution in [0.25, 0.3) is 0 Å². The first-order valence-electron chi connectivity index (χ1n) is 5.56. The molecule has 0 fully saturated rings. The average molecular weight is 219 g/mol. The molecule has 0 saturated carbocycles. The van der Waals surface area contributed by atoms with Crippen LogP contribution in [-0.4, -0.2) is 49.7 Å². The number of aliphatic hydroxyl groups is 1. The maximum Gasteiger partial charge on any atom is 0.0897 e. The van der Waals surface area contributed by atoms with Crippen molar-refractivity contribution < 1.29 is 14.6 Å². The first-order chi connectivity index (χ1) is 6.95. The molecule has 0 aromatic heterocycles. The van der Waals surface area contributed by atoms with Gasteiger partial charge in [0.05, 0.1) is 24.9 Å². The van der Waals surface area contributed by atoms with Crippen molar-refractivity contribution in [1.82, 2.24) is 5.32 Å². The van der Waals surface area contributed by atoms with Gasteiger partial charge < -0.3 is 19.9 Å². The first-order valence-corrected chi connectivity index (χ1v) is 5.56. The second-order valence-electron chi connectivity index (χ2n) is 4.48. The molecule has 0 aliphatic heterocycles. The van der Waals surface area contributed by atoms with E-state index in [0.29, 0.717) is 19.8 Å². The minimum atomic E-state index is -0.453. The Morgan fingerprint density at radius 2 is 2.00 bits per heavy atom. The van der Waals surface area contributed by atoms with Gasteiger partial charge in [-0.3, -0.25) is 0 Å². The highest BCUT2D eigenvalue weighted by Crippen LogP contribution is 2.06. The van der Waals surface area contributed by atoms with Crippen LogP contribution >= 0.6 is 0 Å². The third kappa shape index (κ3) is 11.8. The number of aliphatic hydroxyl groups excluding tert-OH is 1. The first kappa shape index (κ1) is 14.8. The molecule has 0 rings (SSSR count). The van der Waals surface area contributed by atoms with Crippen molar-refractivity contribution in [3.05, 3.63) is 0 Å². The summed E-state index contributed by atoms with van der Waals surface area (Å²) in [6.45, 7) is 11.0. The van der Waals surface area contributed by atoms with E-state index in [2.05, 4.69) is 5.32 Å². The largest absolute Gasteiger partial charge is 0.389 e. The Labute approximate surface area is 93.0 Å².